The Morgan fingerprint density at radius 1 is 0.966 bits per heavy atom. The van der Waals surface area contributed by atoms with Gasteiger partial charge in [0.25, 0.3) is 0 Å². The molecular weight excluding hydrogens is 352 g/mol. The lowest BCUT2D eigenvalue weighted by molar-refractivity contribution is -0.0247. The Morgan fingerprint density at radius 2 is 1.72 bits per heavy atom. The van der Waals surface area contributed by atoms with Gasteiger partial charge in [-0.25, -0.2) is 0 Å². The van der Waals surface area contributed by atoms with Gasteiger partial charge in [-0.2, -0.15) is 0 Å². The Bertz CT molecular complexity index is 672. The summed E-state index contributed by atoms with van der Waals surface area (Å²) in [4.78, 5) is 0. The Kier molecular flexibility index (Phi) is 5.86. The second kappa shape index (κ2) is 7.85. The van der Waals surface area contributed by atoms with Crippen LogP contribution in [0, 0.1) is 46.3 Å². The van der Waals surface area contributed by atoms with Crippen molar-refractivity contribution in [2.45, 2.75) is 105 Å². The zero-order valence-electron chi connectivity index (χ0n) is 20.0. The first-order valence-electron chi connectivity index (χ1n) is 12.8. The number of hydrogen-bond donors (Lipinski definition) is 1. The van der Waals surface area contributed by atoms with E-state index in [-0.39, 0.29) is 11.5 Å². The van der Waals surface area contributed by atoms with Crippen LogP contribution in [0.2, 0.25) is 0 Å². The molecule has 4 rings (SSSR count). The maximum Gasteiger partial charge on any atom is 0.0636 e. The summed E-state index contributed by atoms with van der Waals surface area (Å²) in [6.07, 6.45) is 16.4. The molecule has 0 radical (unpaired) electrons. The van der Waals surface area contributed by atoms with E-state index in [9.17, 15) is 5.11 Å². The second-order valence-electron chi connectivity index (χ2n) is 12.2. The van der Waals surface area contributed by atoms with E-state index in [1.54, 1.807) is 11.1 Å². The summed E-state index contributed by atoms with van der Waals surface area (Å²) >= 11 is 0. The first-order chi connectivity index (χ1) is 13.7. The van der Waals surface area contributed by atoms with Gasteiger partial charge < -0.3 is 5.11 Å². The number of aliphatic hydroxyl groups is 1. The quantitative estimate of drug-likeness (QED) is 0.506. The van der Waals surface area contributed by atoms with Crippen LogP contribution in [0.1, 0.15) is 99.3 Å². The van der Waals surface area contributed by atoms with E-state index in [0.29, 0.717) is 11.3 Å². The molecule has 0 bridgehead atoms. The lowest BCUT2D eigenvalue weighted by atomic mass is 9.49. The minimum Gasteiger partial charge on any atom is -0.392 e. The zero-order chi connectivity index (χ0) is 21.0. The van der Waals surface area contributed by atoms with Gasteiger partial charge in [0.15, 0.2) is 0 Å². The molecule has 1 unspecified atom stereocenters. The molecule has 0 aromatic carbocycles. The number of hydrogen-bond acceptors (Lipinski definition) is 1. The third-order valence-electron chi connectivity index (χ3n) is 10.6. The first kappa shape index (κ1) is 21.7. The van der Waals surface area contributed by atoms with Gasteiger partial charge in [-0.1, -0.05) is 77.7 Å². The van der Waals surface area contributed by atoms with Gasteiger partial charge in [0, 0.05) is 5.41 Å². The maximum absolute atomic E-state index is 11.0. The van der Waals surface area contributed by atoms with Crippen LogP contribution in [0.15, 0.2) is 23.3 Å². The van der Waals surface area contributed by atoms with Crippen LogP contribution in [0.4, 0.5) is 0 Å². The molecule has 164 valence electrons. The summed E-state index contributed by atoms with van der Waals surface area (Å²) in [5.41, 5.74) is 3.75. The van der Waals surface area contributed by atoms with E-state index in [1.165, 1.54) is 44.9 Å². The molecule has 0 aromatic heterocycles. The SMILES string of the molecule is CC(C)[C@@H](C)CC[C@@H](C)[C@H]1CC[C@H]2C3=CC=C4CCCC(O)[C@]4(C)[C@H]3CC[C@]12C. The average Bonchev–Trinajstić information content (AvgIpc) is 3.04. The highest BCUT2D eigenvalue weighted by atomic mass is 16.3. The molecule has 29 heavy (non-hydrogen) atoms. The average molecular weight is 399 g/mol. The van der Waals surface area contributed by atoms with Crippen molar-refractivity contribution in [1.82, 2.24) is 0 Å². The van der Waals surface area contributed by atoms with Crippen molar-refractivity contribution >= 4 is 0 Å². The van der Waals surface area contributed by atoms with Crippen LogP contribution in [0.3, 0.4) is 0 Å². The highest BCUT2D eigenvalue weighted by molar-refractivity contribution is 5.39. The predicted molar refractivity (Wildman–Crippen MR) is 124 cm³/mol. The molecule has 1 heteroatoms. The van der Waals surface area contributed by atoms with Crippen LogP contribution in [0.25, 0.3) is 0 Å². The Labute approximate surface area is 180 Å². The molecule has 3 saturated carbocycles. The summed E-state index contributed by atoms with van der Waals surface area (Å²) < 4.78 is 0. The lowest BCUT2D eigenvalue weighted by Gasteiger charge is -2.56. The molecule has 4 aliphatic carbocycles. The van der Waals surface area contributed by atoms with E-state index in [1.807, 2.05) is 0 Å². The van der Waals surface area contributed by atoms with E-state index in [2.05, 4.69) is 53.7 Å². The van der Waals surface area contributed by atoms with Gasteiger partial charge in [-0.3, -0.25) is 0 Å². The van der Waals surface area contributed by atoms with Gasteiger partial charge in [-0.05, 0) is 85.9 Å². The van der Waals surface area contributed by atoms with Crippen LogP contribution >= 0.6 is 0 Å². The second-order valence-corrected chi connectivity index (χ2v) is 12.2. The third-order valence-corrected chi connectivity index (χ3v) is 10.6. The van der Waals surface area contributed by atoms with Gasteiger partial charge >= 0.3 is 0 Å². The van der Waals surface area contributed by atoms with Crippen LogP contribution in [-0.2, 0) is 0 Å². The molecule has 0 spiro atoms. The molecule has 3 fully saturated rings. The molecular formula is C28H46O. The Morgan fingerprint density at radius 3 is 2.45 bits per heavy atom. The summed E-state index contributed by atoms with van der Waals surface area (Å²) in [5.74, 6) is 4.71. The first-order valence-corrected chi connectivity index (χ1v) is 12.8. The monoisotopic (exact) mass is 398 g/mol. The molecule has 0 aliphatic heterocycles. The fraction of sp³-hybridized carbons (Fsp3) is 0.857. The zero-order valence-corrected chi connectivity index (χ0v) is 20.0. The topological polar surface area (TPSA) is 20.2 Å². The van der Waals surface area contributed by atoms with Crippen LogP contribution in [0.5, 0.6) is 0 Å². The van der Waals surface area contributed by atoms with Gasteiger partial charge in [0.2, 0.25) is 0 Å². The number of aliphatic hydroxyl groups excluding tert-OH is 1. The molecule has 0 heterocycles. The summed E-state index contributed by atoms with van der Waals surface area (Å²) in [7, 11) is 0. The lowest BCUT2D eigenvalue weighted by Crippen LogP contribution is -2.50. The fourth-order valence-electron chi connectivity index (χ4n) is 8.09. The third kappa shape index (κ3) is 3.38. The molecule has 1 nitrogen and oxygen atoms in total. The smallest absolute Gasteiger partial charge is 0.0636 e. The summed E-state index contributed by atoms with van der Waals surface area (Å²) in [6.45, 7) is 14.8. The summed E-state index contributed by atoms with van der Waals surface area (Å²) in [6, 6.07) is 0. The largest absolute Gasteiger partial charge is 0.392 e. The molecule has 4 aliphatic rings. The molecule has 0 saturated heterocycles. The van der Waals surface area contributed by atoms with Crippen molar-refractivity contribution in [3.63, 3.8) is 0 Å². The summed E-state index contributed by atoms with van der Waals surface area (Å²) in [5, 5.41) is 11.0. The van der Waals surface area contributed by atoms with Gasteiger partial charge in [0.1, 0.15) is 0 Å². The minimum absolute atomic E-state index is 0.0140. The van der Waals surface area contributed by atoms with Crippen molar-refractivity contribution in [3.8, 4) is 0 Å². The van der Waals surface area contributed by atoms with E-state index in [4.69, 9.17) is 0 Å². The number of fused-ring (bicyclic) bond motifs is 5. The van der Waals surface area contributed by atoms with Crippen molar-refractivity contribution in [2.75, 3.05) is 0 Å². The van der Waals surface area contributed by atoms with E-state index < -0.39 is 0 Å². The van der Waals surface area contributed by atoms with Crippen LogP contribution < -0.4 is 0 Å². The number of allylic oxidation sites excluding steroid dienone is 3. The minimum atomic E-state index is -0.144. The fourth-order valence-corrected chi connectivity index (χ4v) is 8.09. The van der Waals surface area contributed by atoms with E-state index >= 15 is 0 Å². The normalized spacial score (nSPS) is 43.7. The van der Waals surface area contributed by atoms with Crippen molar-refractivity contribution in [3.05, 3.63) is 23.3 Å². The van der Waals surface area contributed by atoms with Crippen molar-refractivity contribution in [2.24, 2.45) is 46.3 Å². The maximum atomic E-state index is 11.0. The van der Waals surface area contributed by atoms with Crippen molar-refractivity contribution < 1.29 is 5.11 Å². The van der Waals surface area contributed by atoms with Crippen LogP contribution in [-0.4, -0.2) is 11.2 Å². The standard InChI is InChI=1S/C28H46O/c1-18(2)19(3)10-11-20(4)23-14-15-24-22-13-12-21-8-7-9-26(29)28(21,6)25(22)16-17-27(23,24)5/h12-13,18-20,23-26,29H,7-11,14-17H2,1-6H3/t19-,20+,23+,24-,25-,26?,27+,28-/m0/s1. The van der Waals surface area contributed by atoms with Gasteiger partial charge in [0.05, 0.1) is 6.10 Å². The molecule has 0 amide bonds. The molecule has 8 atom stereocenters. The Balaban J connectivity index is 1.54. The van der Waals surface area contributed by atoms with Gasteiger partial charge in [-0.15, -0.1) is 0 Å². The highest BCUT2D eigenvalue weighted by Gasteiger charge is 2.58. The number of rotatable bonds is 5. The molecule has 0 aromatic rings. The predicted octanol–water partition coefficient (Wildman–Crippen LogP) is 7.55. The van der Waals surface area contributed by atoms with Crippen molar-refractivity contribution in [1.29, 1.82) is 0 Å². The molecule has 1 N–H and O–H groups in total. The highest BCUT2D eigenvalue weighted by Crippen LogP contribution is 2.66. The Hall–Kier alpha value is -0.560. The van der Waals surface area contributed by atoms with E-state index in [0.717, 1.165) is 42.4 Å².